The molecule has 0 spiro atoms. The highest BCUT2D eigenvalue weighted by Gasteiger charge is 2.53. The summed E-state index contributed by atoms with van der Waals surface area (Å²) in [6.07, 6.45) is 4.50. The molecule has 6 heteroatoms. The van der Waals surface area contributed by atoms with Gasteiger partial charge in [-0.2, -0.15) is 0 Å². The van der Waals surface area contributed by atoms with Crippen molar-refractivity contribution in [2.45, 2.75) is 44.4 Å². The summed E-state index contributed by atoms with van der Waals surface area (Å²) in [6.45, 7) is 1.65. The van der Waals surface area contributed by atoms with Gasteiger partial charge < -0.3 is 9.47 Å². The zero-order valence-electron chi connectivity index (χ0n) is 14.9. The van der Waals surface area contributed by atoms with Gasteiger partial charge in [0, 0.05) is 23.5 Å². The van der Waals surface area contributed by atoms with Gasteiger partial charge in [0.1, 0.15) is 0 Å². The van der Waals surface area contributed by atoms with Crippen LogP contribution >= 0.6 is 0 Å². The zero-order chi connectivity index (χ0) is 18.7. The Morgan fingerprint density at radius 2 is 2.04 bits per heavy atom. The summed E-state index contributed by atoms with van der Waals surface area (Å²) >= 11 is 0. The minimum atomic E-state index is -0.832. The smallest absolute Gasteiger partial charge is 0.336 e. The van der Waals surface area contributed by atoms with Crippen molar-refractivity contribution >= 4 is 17.8 Å². The Hall–Kier alpha value is -2.89. The van der Waals surface area contributed by atoms with E-state index < -0.39 is 12.3 Å². The number of carbonyl (C=O) groups is 3. The van der Waals surface area contributed by atoms with Crippen LogP contribution in [0.4, 0.5) is 0 Å². The Kier molecular flexibility index (Phi) is 3.50. The highest BCUT2D eigenvalue weighted by molar-refractivity contribution is 6.09. The van der Waals surface area contributed by atoms with Gasteiger partial charge in [0.25, 0.3) is 12.2 Å². The maximum absolute atomic E-state index is 13.1. The lowest BCUT2D eigenvalue weighted by molar-refractivity contribution is -0.152. The standard InChI is InChI=1S/C21H19NO5/c1-11-8-17(27-21(11)25)26-10-15-18-14-5-3-2-4-13(14)9-16(18)22(20(15)24)19(23)12-6-7-12/h2-5,8,10,12,16-18H,6-7,9H2,1H3/b15-10+. The molecule has 1 aromatic rings. The number of hydrogen-bond donors (Lipinski definition) is 0. The first kappa shape index (κ1) is 16.3. The van der Waals surface area contributed by atoms with E-state index in [4.69, 9.17) is 9.47 Å². The van der Waals surface area contributed by atoms with E-state index in [1.807, 2.05) is 24.3 Å². The summed E-state index contributed by atoms with van der Waals surface area (Å²) in [7, 11) is 0. The van der Waals surface area contributed by atoms with Crippen LogP contribution in [-0.4, -0.2) is 35.0 Å². The number of benzene rings is 1. The highest BCUT2D eigenvalue weighted by atomic mass is 16.7. The summed E-state index contributed by atoms with van der Waals surface area (Å²) in [4.78, 5) is 38.8. The number of carbonyl (C=O) groups excluding carboxylic acids is 3. The Balaban J connectivity index is 1.49. The predicted octanol–water partition coefficient (Wildman–Crippen LogP) is 2.20. The number of imide groups is 1. The van der Waals surface area contributed by atoms with Crippen LogP contribution in [0.5, 0.6) is 0 Å². The van der Waals surface area contributed by atoms with Crippen molar-refractivity contribution in [1.82, 2.24) is 4.90 Å². The van der Waals surface area contributed by atoms with Crippen LogP contribution in [0.1, 0.15) is 36.8 Å². The molecule has 2 heterocycles. The molecule has 3 unspecified atom stereocenters. The number of likely N-dealkylation sites (tertiary alicyclic amines) is 1. The van der Waals surface area contributed by atoms with Crippen molar-refractivity contribution in [3.05, 3.63) is 58.9 Å². The second-order valence-corrected chi connectivity index (χ2v) is 7.57. The van der Waals surface area contributed by atoms with E-state index in [1.165, 1.54) is 11.2 Å². The third kappa shape index (κ3) is 2.51. The van der Waals surface area contributed by atoms with Crippen LogP contribution in [0.25, 0.3) is 0 Å². The van der Waals surface area contributed by atoms with Crippen LogP contribution in [-0.2, 0) is 30.3 Å². The number of nitrogens with zero attached hydrogens (tertiary/aromatic N) is 1. The number of rotatable bonds is 3. The van der Waals surface area contributed by atoms with E-state index in [0.717, 1.165) is 24.0 Å². The van der Waals surface area contributed by atoms with Gasteiger partial charge >= 0.3 is 5.97 Å². The van der Waals surface area contributed by atoms with Gasteiger partial charge in [-0.05, 0) is 37.3 Å². The summed E-state index contributed by atoms with van der Waals surface area (Å²) in [6, 6.07) is 7.77. The quantitative estimate of drug-likeness (QED) is 0.355. The van der Waals surface area contributed by atoms with Crippen molar-refractivity contribution in [2.75, 3.05) is 0 Å². The van der Waals surface area contributed by atoms with E-state index in [-0.39, 0.29) is 29.7 Å². The molecule has 1 aromatic carbocycles. The highest BCUT2D eigenvalue weighted by Crippen LogP contribution is 2.48. The first-order chi connectivity index (χ1) is 13.0. The van der Waals surface area contributed by atoms with Gasteiger partial charge in [-0.25, -0.2) is 4.79 Å². The normalized spacial score (nSPS) is 30.3. The van der Waals surface area contributed by atoms with Gasteiger partial charge in [-0.3, -0.25) is 14.5 Å². The van der Waals surface area contributed by atoms with Crippen molar-refractivity contribution in [3.8, 4) is 0 Å². The van der Waals surface area contributed by atoms with E-state index in [2.05, 4.69) is 0 Å². The molecule has 3 atom stereocenters. The fraction of sp³-hybridized carbons (Fsp3) is 0.381. The number of esters is 1. The lowest BCUT2D eigenvalue weighted by atomic mass is 9.94. The fourth-order valence-electron chi connectivity index (χ4n) is 4.24. The summed E-state index contributed by atoms with van der Waals surface area (Å²) < 4.78 is 10.7. The van der Waals surface area contributed by atoms with Crippen LogP contribution in [0.2, 0.25) is 0 Å². The Labute approximate surface area is 156 Å². The van der Waals surface area contributed by atoms with Gasteiger partial charge in [0.2, 0.25) is 5.91 Å². The third-order valence-corrected chi connectivity index (χ3v) is 5.76. The molecular formula is C21H19NO5. The summed E-state index contributed by atoms with van der Waals surface area (Å²) in [5.41, 5.74) is 3.15. The van der Waals surface area contributed by atoms with Gasteiger partial charge in [0.05, 0.1) is 17.9 Å². The van der Waals surface area contributed by atoms with E-state index in [0.29, 0.717) is 17.6 Å². The minimum absolute atomic E-state index is 0.0278. The zero-order valence-corrected chi connectivity index (χ0v) is 14.9. The molecule has 2 amide bonds. The van der Waals surface area contributed by atoms with Gasteiger partial charge in [-0.15, -0.1) is 0 Å². The first-order valence-corrected chi connectivity index (χ1v) is 9.24. The van der Waals surface area contributed by atoms with Crippen molar-refractivity contribution in [1.29, 1.82) is 0 Å². The molecule has 1 saturated carbocycles. The van der Waals surface area contributed by atoms with Gasteiger partial charge in [0.15, 0.2) is 0 Å². The minimum Gasteiger partial charge on any atom is -0.458 e. The molecule has 6 nitrogen and oxygen atoms in total. The lowest BCUT2D eigenvalue weighted by Gasteiger charge is -2.21. The monoisotopic (exact) mass is 365 g/mol. The molecule has 2 fully saturated rings. The molecule has 27 heavy (non-hydrogen) atoms. The SMILES string of the molecule is CC1=CC(O/C=C2/C(=O)N(C(=O)C3CC3)C3Cc4ccccc4C23)OC1=O. The van der Waals surface area contributed by atoms with Crippen molar-refractivity contribution in [3.63, 3.8) is 0 Å². The predicted molar refractivity (Wildman–Crippen MR) is 94.1 cm³/mol. The Morgan fingerprint density at radius 1 is 1.26 bits per heavy atom. The Morgan fingerprint density at radius 3 is 2.74 bits per heavy atom. The second-order valence-electron chi connectivity index (χ2n) is 7.57. The number of cyclic esters (lactones) is 1. The van der Waals surface area contributed by atoms with Crippen molar-refractivity contribution < 1.29 is 23.9 Å². The van der Waals surface area contributed by atoms with E-state index in [1.54, 1.807) is 13.0 Å². The number of fused-ring (bicyclic) bond motifs is 3. The van der Waals surface area contributed by atoms with E-state index in [9.17, 15) is 14.4 Å². The molecule has 0 bridgehead atoms. The molecule has 2 aliphatic heterocycles. The van der Waals surface area contributed by atoms with Crippen LogP contribution in [0.3, 0.4) is 0 Å². The maximum atomic E-state index is 13.1. The van der Waals surface area contributed by atoms with Crippen LogP contribution in [0, 0.1) is 5.92 Å². The van der Waals surface area contributed by atoms with Crippen LogP contribution in [0.15, 0.2) is 47.7 Å². The van der Waals surface area contributed by atoms with Gasteiger partial charge in [-0.1, -0.05) is 24.3 Å². The molecule has 0 radical (unpaired) electrons. The topological polar surface area (TPSA) is 72.9 Å². The summed E-state index contributed by atoms with van der Waals surface area (Å²) in [5, 5.41) is 0. The number of ether oxygens (including phenoxy) is 2. The lowest BCUT2D eigenvalue weighted by Crippen LogP contribution is -2.40. The largest absolute Gasteiger partial charge is 0.458 e. The average molecular weight is 365 g/mol. The molecule has 4 aliphatic rings. The van der Waals surface area contributed by atoms with E-state index >= 15 is 0 Å². The molecular weight excluding hydrogens is 346 g/mol. The van der Waals surface area contributed by atoms with Crippen molar-refractivity contribution in [2.24, 2.45) is 5.92 Å². The number of hydrogen-bond acceptors (Lipinski definition) is 5. The number of amides is 2. The Bertz CT molecular complexity index is 926. The molecule has 2 aliphatic carbocycles. The molecule has 138 valence electrons. The molecule has 1 saturated heterocycles. The second kappa shape index (κ2) is 5.81. The maximum Gasteiger partial charge on any atom is 0.336 e. The van der Waals surface area contributed by atoms with Crippen LogP contribution < -0.4 is 0 Å². The third-order valence-electron chi connectivity index (χ3n) is 5.76. The molecule has 5 rings (SSSR count). The summed E-state index contributed by atoms with van der Waals surface area (Å²) in [5.74, 6) is -1.01. The molecule has 0 N–H and O–H groups in total. The fourth-order valence-corrected chi connectivity index (χ4v) is 4.24. The average Bonchev–Trinajstić information content (AvgIpc) is 3.30. The molecule has 0 aromatic heterocycles. The first-order valence-electron chi connectivity index (χ1n) is 9.24.